The number of aromatic nitrogens is 2. The number of rotatable bonds is 3. The quantitative estimate of drug-likeness (QED) is 0.914. The van der Waals surface area contributed by atoms with E-state index in [4.69, 9.17) is 17.3 Å². The second-order valence-electron chi connectivity index (χ2n) is 3.98. The lowest BCUT2D eigenvalue weighted by atomic mass is 10.2. The van der Waals surface area contributed by atoms with Gasteiger partial charge in [0.2, 0.25) is 0 Å². The summed E-state index contributed by atoms with van der Waals surface area (Å²) < 4.78 is 14.9. The third kappa shape index (κ3) is 2.65. The van der Waals surface area contributed by atoms with Crippen molar-refractivity contribution in [2.24, 2.45) is 5.73 Å². The molecule has 0 spiro atoms. The fourth-order valence-electron chi connectivity index (χ4n) is 1.68. The average molecular weight is 254 g/mol. The summed E-state index contributed by atoms with van der Waals surface area (Å²) in [5.74, 6) is -0.409. The van der Waals surface area contributed by atoms with Gasteiger partial charge in [-0.05, 0) is 24.6 Å². The molecule has 0 amide bonds. The van der Waals surface area contributed by atoms with Crippen molar-refractivity contribution in [3.63, 3.8) is 0 Å². The molecule has 2 N–H and O–H groups in total. The first kappa shape index (κ1) is 12.1. The van der Waals surface area contributed by atoms with Crippen LogP contribution in [0.4, 0.5) is 4.39 Å². The van der Waals surface area contributed by atoms with E-state index in [1.807, 2.05) is 11.5 Å². The highest BCUT2D eigenvalue weighted by molar-refractivity contribution is 6.30. The summed E-state index contributed by atoms with van der Waals surface area (Å²) in [5, 5.41) is 0.130. The molecule has 1 aromatic heterocycles. The smallest absolute Gasteiger partial charge is 0.141 e. The van der Waals surface area contributed by atoms with E-state index in [9.17, 15) is 4.39 Å². The minimum Gasteiger partial charge on any atom is -0.329 e. The van der Waals surface area contributed by atoms with Crippen LogP contribution in [0, 0.1) is 5.82 Å². The van der Waals surface area contributed by atoms with Gasteiger partial charge in [-0.1, -0.05) is 17.7 Å². The zero-order chi connectivity index (χ0) is 12.4. The minimum atomic E-state index is -0.409. The van der Waals surface area contributed by atoms with E-state index in [1.165, 1.54) is 6.07 Å². The third-order valence-electron chi connectivity index (χ3n) is 2.55. The molecule has 0 aliphatic heterocycles. The van der Waals surface area contributed by atoms with Gasteiger partial charge in [0.1, 0.15) is 5.82 Å². The lowest BCUT2D eigenvalue weighted by Gasteiger charge is -2.11. The van der Waals surface area contributed by atoms with Gasteiger partial charge in [0.15, 0.2) is 0 Å². The molecule has 1 aromatic carbocycles. The van der Waals surface area contributed by atoms with E-state index in [-0.39, 0.29) is 11.1 Å². The molecule has 90 valence electrons. The van der Waals surface area contributed by atoms with Crippen molar-refractivity contribution in [1.29, 1.82) is 0 Å². The summed E-state index contributed by atoms with van der Waals surface area (Å²) in [6, 6.07) is 4.59. The van der Waals surface area contributed by atoms with Crippen LogP contribution >= 0.6 is 11.6 Å². The summed E-state index contributed by atoms with van der Waals surface area (Å²) in [7, 11) is 0. The Hall–Kier alpha value is -1.39. The van der Waals surface area contributed by atoms with Crippen molar-refractivity contribution in [3.8, 4) is 0 Å². The molecule has 2 aromatic rings. The van der Waals surface area contributed by atoms with E-state index in [0.29, 0.717) is 6.54 Å². The van der Waals surface area contributed by atoms with Gasteiger partial charge in [0, 0.05) is 18.8 Å². The van der Waals surface area contributed by atoms with Gasteiger partial charge in [0.25, 0.3) is 0 Å². The summed E-state index contributed by atoms with van der Waals surface area (Å²) in [5.41, 5.74) is 7.67. The van der Waals surface area contributed by atoms with E-state index < -0.39 is 5.82 Å². The molecule has 0 fully saturated rings. The number of halogens is 2. The second kappa shape index (κ2) is 4.85. The van der Waals surface area contributed by atoms with Gasteiger partial charge in [-0.2, -0.15) is 0 Å². The van der Waals surface area contributed by atoms with Gasteiger partial charge in [0.05, 0.1) is 17.0 Å². The fourth-order valence-corrected chi connectivity index (χ4v) is 1.88. The molecular formula is C12H13ClFN3. The van der Waals surface area contributed by atoms with E-state index >= 15 is 0 Å². The highest BCUT2D eigenvalue weighted by Crippen LogP contribution is 2.18. The predicted molar refractivity (Wildman–Crippen MR) is 65.3 cm³/mol. The molecule has 1 atom stereocenters. The Bertz CT molecular complexity index is 522. The molecule has 3 nitrogen and oxygen atoms in total. The monoisotopic (exact) mass is 253 g/mol. The number of hydrogen-bond donors (Lipinski definition) is 1. The van der Waals surface area contributed by atoms with Crippen LogP contribution in [0.25, 0.3) is 0 Å². The van der Waals surface area contributed by atoms with Crippen molar-refractivity contribution in [2.45, 2.75) is 19.5 Å². The first-order valence-electron chi connectivity index (χ1n) is 5.27. The lowest BCUT2D eigenvalue weighted by molar-refractivity contribution is 0.625. The van der Waals surface area contributed by atoms with Crippen LogP contribution in [-0.2, 0) is 6.54 Å². The van der Waals surface area contributed by atoms with Crippen LogP contribution in [0.5, 0.6) is 0 Å². The fraction of sp³-hybridized carbons (Fsp3) is 0.250. The Labute approximate surface area is 104 Å². The standard InChI is InChI=1S/C12H13ClFN3/c1-8(15)12-5-16-7-17(12)6-9-2-3-11(14)10(13)4-9/h2-5,7-8H,6,15H2,1H3/t8-/m1/s1. The zero-order valence-corrected chi connectivity index (χ0v) is 10.2. The van der Waals surface area contributed by atoms with Crippen molar-refractivity contribution in [1.82, 2.24) is 9.55 Å². The second-order valence-corrected chi connectivity index (χ2v) is 4.39. The van der Waals surface area contributed by atoms with Gasteiger partial charge in [-0.3, -0.25) is 0 Å². The highest BCUT2D eigenvalue weighted by Gasteiger charge is 2.08. The van der Waals surface area contributed by atoms with Crippen LogP contribution in [0.2, 0.25) is 5.02 Å². The Morgan fingerprint density at radius 3 is 2.94 bits per heavy atom. The molecule has 5 heteroatoms. The minimum absolute atomic E-state index is 0.0894. The predicted octanol–water partition coefficient (Wildman–Crippen LogP) is 2.74. The first-order chi connectivity index (χ1) is 8.08. The van der Waals surface area contributed by atoms with Crippen molar-refractivity contribution < 1.29 is 4.39 Å². The highest BCUT2D eigenvalue weighted by atomic mass is 35.5. The normalized spacial score (nSPS) is 12.7. The molecule has 2 rings (SSSR count). The van der Waals surface area contributed by atoms with Crippen LogP contribution in [-0.4, -0.2) is 9.55 Å². The molecule has 0 radical (unpaired) electrons. The molecular weight excluding hydrogens is 241 g/mol. The summed E-state index contributed by atoms with van der Waals surface area (Å²) in [6.45, 7) is 2.47. The van der Waals surface area contributed by atoms with Gasteiger partial charge in [-0.25, -0.2) is 9.37 Å². The summed E-state index contributed by atoms with van der Waals surface area (Å²) in [6.07, 6.45) is 3.44. The Balaban J connectivity index is 2.25. The van der Waals surface area contributed by atoms with Crippen LogP contribution in [0.1, 0.15) is 24.2 Å². The number of imidazole rings is 1. The maximum Gasteiger partial charge on any atom is 0.141 e. The number of nitrogens with zero attached hydrogens (tertiary/aromatic N) is 2. The topological polar surface area (TPSA) is 43.8 Å². The van der Waals surface area contributed by atoms with Gasteiger partial charge < -0.3 is 10.3 Å². The Morgan fingerprint density at radius 2 is 2.29 bits per heavy atom. The van der Waals surface area contributed by atoms with Crippen LogP contribution < -0.4 is 5.73 Å². The maximum atomic E-state index is 13.0. The van der Waals surface area contributed by atoms with Crippen LogP contribution in [0.15, 0.2) is 30.7 Å². The molecule has 0 unspecified atom stereocenters. The summed E-state index contributed by atoms with van der Waals surface area (Å²) >= 11 is 5.73. The number of nitrogens with two attached hydrogens (primary N) is 1. The van der Waals surface area contributed by atoms with Gasteiger partial charge >= 0.3 is 0 Å². The Morgan fingerprint density at radius 1 is 1.53 bits per heavy atom. The molecule has 17 heavy (non-hydrogen) atoms. The lowest BCUT2D eigenvalue weighted by Crippen LogP contribution is -2.12. The van der Waals surface area contributed by atoms with Gasteiger partial charge in [-0.15, -0.1) is 0 Å². The van der Waals surface area contributed by atoms with E-state index in [1.54, 1.807) is 24.7 Å². The van der Waals surface area contributed by atoms with E-state index in [2.05, 4.69) is 4.98 Å². The Kier molecular flexibility index (Phi) is 3.45. The SMILES string of the molecule is C[C@@H](N)c1cncn1Cc1ccc(F)c(Cl)c1. The van der Waals surface area contributed by atoms with Crippen molar-refractivity contribution in [2.75, 3.05) is 0 Å². The average Bonchev–Trinajstić information content (AvgIpc) is 2.72. The largest absolute Gasteiger partial charge is 0.329 e. The molecule has 0 saturated carbocycles. The van der Waals surface area contributed by atoms with Crippen molar-refractivity contribution in [3.05, 3.63) is 52.8 Å². The zero-order valence-electron chi connectivity index (χ0n) is 9.40. The number of hydrogen-bond acceptors (Lipinski definition) is 2. The third-order valence-corrected chi connectivity index (χ3v) is 2.84. The first-order valence-corrected chi connectivity index (χ1v) is 5.65. The maximum absolute atomic E-state index is 13.0. The summed E-state index contributed by atoms with van der Waals surface area (Å²) in [4.78, 5) is 4.06. The molecule has 0 saturated heterocycles. The van der Waals surface area contributed by atoms with E-state index in [0.717, 1.165) is 11.3 Å². The number of benzene rings is 1. The van der Waals surface area contributed by atoms with Crippen molar-refractivity contribution >= 4 is 11.6 Å². The molecule has 0 bridgehead atoms. The molecule has 0 aliphatic carbocycles. The molecule has 0 aliphatic rings. The van der Waals surface area contributed by atoms with Crippen LogP contribution in [0.3, 0.4) is 0 Å². The molecule has 1 heterocycles.